The van der Waals surface area contributed by atoms with E-state index in [1.165, 1.54) is 0 Å². The number of nitrogens with one attached hydrogen (secondary N) is 2. The van der Waals surface area contributed by atoms with Crippen LogP contribution in [0.4, 0.5) is 11.6 Å². The third-order valence-corrected chi connectivity index (χ3v) is 6.67. The van der Waals surface area contributed by atoms with E-state index in [-0.39, 0.29) is 23.8 Å². The first-order valence-electron chi connectivity index (χ1n) is 10.9. The maximum Gasteiger partial charge on any atom is 0.223 e. The SMILES string of the molecule is C=CNc1ncnc(N2CC[C@H](C(=O)NC[C@@H](O)c3ccc(C)cc3)C3(CC3)C2)c1C. The molecule has 0 radical (unpaired) electrons. The van der Waals surface area contributed by atoms with E-state index in [0.29, 0.717) is 0 Å². The molecule has 1 saturated carbocycles. The fourth-order valence-electron chi connectivity index (χ4n) is 4.65. The molecule has 1 saturated heterocycles. The number of piperidine rings is 1. The molecule has 2 heterocycles. The number of aliphatic hydroxyl groups is 1. The summed E-state index contributed by atoms with van der Waals surface area (Å²) in [6.07, 6.45) is 5.36. The lowest BCUT2D eigenvalue weighted by atomic mass is 9.81. The molecular formula is C24H31N5O2. The molecule has 164 valence electrons. The van der Waals surface area contributed by atoms with Crippen molar-refractivity contribution in [3.05, 3.63) is 60.1 Å². The topological polar surface area (TPSA) is 90.4 Å². The van der Waals surface area contributed by atoms with Crippen LogP contribution in [-0.2, 0) is 4.79 Å². The highest BCUT2D eigenvalue weighted by atomic mass is 16.3. The largest absolute Gasteiger partial charge is 0.387 e. The molecule has 1 aliphatic carbocycles. The number of hydrogen-bond acceptors (Lipinski definition) is 6. The van der Waals surface area contributed by atoms with Gasteiger partial charge in [-0.2, -0.15) is 0 Å². The highest BCUT2D eigenvalue weighted by molar-refractivity contribution is 5.80. The molecule has 1 spiro atoms. The molecule has 1 amide bonds. The number of rotatable bonds is 7. The number of nitrogens with zero attached hydrogens (tertiary/aromatic N) is 3. The van der Waals surface area contributed by atoms with Crippen molar-refractivity contribution in [2.24, 2.45) is 11.3 Å². The molecule has 7 heteroatoms. The molecule has 2 atom stereocenters. The van der Waals surface area contributed by atoms with Crippen LogP contribution in [-0.4, -0.2) is 40.6 Å². The maximum absolute atomic E-state index is 13.0. The van der Waals surface area contributed by atoms with Gasteiger partial charge in [0.1, 0.15) is 18.0 Å². The third-order valence-electron chi connectivity index (χ3n) is 6.67. The van der Waals surface area contributed by atoms with Gasteiger partial charge in [-0.15, -0.1) is 0 Å². The second kappa shape index (κ2) is 8.67. The van der Waals surface area contributed by atoms with Crippen molar-refractivity contribution in [3.8, 4) is 0 Å². The summed E-state index contributed by atoms with van der Waals surface area (Å²) in [7, 11) is 0. The van der Waals surface area contributed by atoms with E-state index in [4.69, 9.17) is 0 Å². The van der Waals surface area contributed by atoms with Crippen molar-refractivity contribution in [1.82, 2.24) is 15.3 Å². The van der Waals surface area contributed by atoms with Gasteiger partial charge in [0.05, 0.1) is 6.10 Å². The number of hydrogen-bond donors (Lipinski definition) is 3. The van der Waals surface area contributed by atoms with Crippen LogP contribution in [0.1, 0.15) is 42.1 Å². The third kappa shape index (κ3) is 4.42. The van der Waals surface area contributed by atoms with E-state index >= 15 is 0 Å². The Labute approximate surface area is 183 Å². The fraction of sp³-hybridized carbons (Fsp3) is 0.458. The standard InChI is InChI=1S/C24H31N5O2/c1-4-25-21-17(3)22(28-15-27-21)29-12-9-19(24(14-29)10-11-24)23(31)26-13-20(30)18-7-5-16(2)6-8-18/h4-8,15,19-20,30H,1,9-14H2,2-3H3,(H,26,31)(H,25,27,28)/t19-,20-/m1/s1. The molecule has 2 aliphatic rings. The van der Waals surface area contributed by atoms with E-state index < -0.39 is 6.10 Å². The molecule has 31 heavy (non-hydrogen) atoms. The molecule has 0 bridgehead atoms. The van der Waals surface area contributed by atoms with Crippen molar-refractivity contribution in [2.45, 2.75) is 39.2 Å². The van der Waals surface area contributed by atoms with Crippen LogP contribution in [0.15, 0.2) is 43.4 Å². The quantitative estimate of drug-likeness (QED) is 0.636. The van der Waals surface area contributed by atoms with Gasteiger partial charge >= 0.3 is 0 Å². The first-order chi connectivity index (χ1) is 14.9. The number of carbonyl (C=O) groups excluding carboxylic acids is 1. The number of aryl methyl sites for hydroxylation is 1. The van der Waals surface area contributed by atoms with Crippen molar-refractivity contribution < 1.29 is 9.90 Å². The Hall–Kier alpha value is -2.93. The minimum atomic E-state index is -0.695. The smallest absolute Gasteiger partial charge is 0.223 e. The Kier molecular flexibility index (Phi) is 5.96. The van der Waals surface area contributed by atoms with Crippen LogP contribution in [0.2, 0.25) is 0 Å². The van der Waals surface area contributed by atoms with Crippen LogP contribution < -0.4 is 15.5 Å². The molecule has 2 fully saturated rings. The van der Waals surface area contributed by atoms with Gasteiger partial charge < -0.3 is 20.6 Å². The minimum absolute atomic E-state index is 0.000559. The van der Waals surface area contributed by atoms with Gasteiger partial charge in [-0.1, -0.05) is 36.4 Å². The zero-order valence-electron chi connectivity index (χ0n) is 18.3. The highest BCUT2D eigenvalue weighted by Crippen LogP contribution is 2.56. The van der Waals surface area contributed by atoms with Gasteiger partial charge in [-0.3, -0.25) is 4.79 Å². The van der Waals surface area contributed by atoms with Gasteiger partial charge in [0.15, 0.2) is 0 Å². The minimum Gasteiger partial charge on any atom is -0.387 e. The van der Waals surface area contributed by atoms with E-state index in [2.05, 4.69) is 32.1 Å². The molecule has 7 nitrogen and oxygen atoms in total. The fourth-order valence-corrected chi connectivity index (χ4v) is 4.65. The number of aromatic nitrogens is 2. The Morgan fingerprint density at radius 2 is 2.06 bits per heavy atom. The predicted molar refractivity (Wildman–Crippen MR) is 122 cm³/mol. The van der Waals surface area contributed by atoms with Gasteiger partial charge in [0.2, 0.25) is 5.91 Å². The van der Waals surface area contributed by atoms with Gasteiger partial charge in [0.25, 0.3) is 0 Å². The first kappa shape index (κ1) is 21.3. The van der Waals surface area contributed by atoms with Crippen LogP contribution >= 0.6 is 0 Å². The van der Waals surface area contributed by atoms with E-state index in [0.717, 1.165) is 60.7 Å². The van der Waals surface area contributed by atoms with Crippen LogP contribution in [0, 0.1) is 25.2 Å². The number of aliphatic hydroxyl groups excluding tert-OH is 1. The number of anilines is 2. The zero-order chi connectivity index (χ0) is 22.0. The Morgan fingerprint density at radius 3 is 2.74 bits per heavy atom. The molecule has 3 N–H and O–H groups in total. The lowest BCUT2D eigenvalue weighted by Gasteiger charge is -2.39. The van der Waals surface area contributed by atoms with Gasteiger partial charge in [-0.05, 0) is 50.3 Å². The molecule has 2 aromatic rings. The summed E-state index contributed by atoms with van der Waals surface area (Å²) in [6.45, 7) is 9.55. The summed E-state index contributed by atoms with van der Waals surface area (Å²) in [4.78, 5) is 24.1. The molecular weight excluding hydrogens is 390 g/mol. The summed E-state index contributed by atoms with van der Waals surface area (Å²) >= 11 is 0. The monoisotopic (exact) mass is 421 g/mol. The summed E-state index contributed by atoms with van der Waals surface area (Å²) < 4.78 is 0. The van der Waals surface area contributed by atoms with E-state index in [9.17, 15) is 9.90 Å². The number of carbonyl (C=O) groups is 1. The summed E-state index contributed by atoms with van der Waals surface area (Å²) in [6, 6.07) is 7.76. The highest BCUT2D eigenvalue weighted by Gasteiger charge is 2.55. The second-order valence-electron chi connectivity index (χ2n) is 8.82. The summed E-state index contributed by atoms with van der Waals surface area (Å²) in [5, 5.41) is 16.5. The summed E-state index contributed by atoms with van der Waals surface area (Å²) in [5.41, 5.74) is 2.96. The van der Waals surface area contributed by atoms with Crippen molar-refractivity contribution in [3.63, 3.8) is 0 Å². The Morgan fingerprint density at radius 1 is 1.32 bits per heavy atom. The molecule has 1 aliphatic heterocycles. The maximum atomic E-state index is 13.0. The lowest BCUT2D eigenvalue weighted by molar-refractivity contribution is -0.128. The molecule has 1 aromatic heterocycles. The van der Waals surface area contributed by atoms with Gasteiger partial charge in [-0.25, -0.2) is 9.97 Å². The molecule has 0 unspecified atom stereocenters. The van der Waals surface area contributed by atoms with Gasteiger partial charge in [0, 0.05) is 31.1 Å². The zero-order valence-corrected chi connectivity index (χ0v) is 18.3. The number of benzene rings is 1. The molecule has 1 aromatic carbocycles. The van der Waals surface area contributed by atoms with Crippen LogP contribution in [0.5, 0.6) is 0 Å². The number of amides is 1. The predicted octanol–water partition coefficient (Wildman–Crippen LogP) is 3.11. The van der Waals surface area contributed by atoms with Crippen molar-refractivity contribution in [2.75, 3.05) is 29.9 Å². The first-order valence-corrected chi connectivity index (χ1v) is 10.9. The molecule has 4 rings (SSSR count). The average Bonchev–Trinajstić information content (AvgIpc) is 3.53. The van der Waals surface area contributed by atoms with Crippen LogP contribution in [0.3, 0.4) is 0 Å². The van der Waals surface area contributed by atoms with Crippen molar-refractivity contribution >= 4 is 17.5 Å². The average molecular weight is 422 g/mol. The normalized spacial score (nSPS) is 20.2. The summed E-state index contributed by atoms with van der Waals surface area (Å²) in [5.74, 6) is 1.70. The Balaban J connectivity index is 1.39. The second-order valence-corrected chi connectivity index (χ2v) is 8.82. The Bertz CT molecular complexity index is 955. The lowest BCUT2D eigenvalue weighted by Crippen LogP contribution is -2.48. The van der Waals surface area contributed by atoms with Crippen molar-refractivity contribution in [1.29, 1.82) is 0 Å². The van der Waals surface area contributed by atoms with E-state index in [1.54, 1.807) is 12.5 Å². The van der Waals surface area contributed by atoms with Crippen LogP contribution in [0.25, 0.3) is 0 Å². The van der Waals surface area contributed by atoms with E-state index in [1.807, 2.05) is 38.1 Å².